The van der Waals surface area contributed by atoms with Gasteiger partial charge in [-0.1, -0.05) is 29.8 Å². The van der Waals surface area contributed by atoms with Gasteiger partial charge in [0.1, 0.15) is 11.9 Å². The molecule has 5 rings (SSSR count). The van der Waals surface area contributed by atoms with Crippen LogP contribution in [0.2, 0.25) is 5.02 Å². The van der Waals surface area contributed by atoms with Crippen molar-refractivity contribution in [1.82, 2.24) is 24.3 Å². The third kappa shape index (κ3) is 3.80. The van der Waals surface area contributed by atoms with Crippen LogP contribution in [-0.2, 0) is 18.5 Å². The van der Waals surface area contributed by atoms with Crippen molar-refractivity contribution in [2.75, 3.05) is 6.54 Å². The molecule has 0 saturated carbocycles. The minimum atomic E-state index is 0.535. The van der Waals surface area contributed by atoms with E-state index in [0.717, 1.165) is 29.2 Å². The summed E-state index contributed by atoms with van der Waals surface area (Å²) in [6, 6.07) is 15.2. The zero-order valence-corrected chi connectivity index (χ0v) is 17.8. The van der Waals surface area contributed by atoms with E-state index in [-0.39, 0.29) is 0 Å². The number of benzene rings is 2. The first kappa shape index (κ1) is 18.7. The number of hydrogen-bond acceptors (Lipinski definition) is 3. The van der Waals surface area contributed by atoms with E-state index in [0.29, 0.717) is 12.0 Å². The van der Waals surface area contributed by atoms with E-state index in [1.165, 1.54) is 34.2 Å². The number of halogens is 1. The standard InChI is InChI=1S/C22H22ClN5S/c1-15-8-16(14-28(15)29-22-5-3-2-4-20(22)23)13-27-21-7-6-17(9-18(21)12-26-27)19-10-24-25-11-19/h2-7,9-12,15-16H,8,13-14H2,1H3,(H,24,25)/p+1/t15-,16?/m1/s1. The van der Waals surface area contributed by atoms with Crippen LogP contribution in [0.15, 0.2) is 66.0 Å². The maximum absolute atomic E-state index is 6.36. The highest BCUT2D eigenvalue weighted by molar-refractivity contribution is 7.76. The Hall–Kier alpha value is -2.28. The first-order valence-corrected chi connectivity index (χ1v) is 11.1. The summed E-state index contributed by atoms with van der Waals surface area (Å²) in [5.41, 5.74) is 3.44. The molecule has 0 bridgehead atoms. The van der Waals surface area contributed by atoms with Crippen LogP contribution in [-0.4, -0.2) is 36.9 Å². The summed E-state index contributed by atoms with van der Waals surface area (Å²) in [6.07, 6.45) is 6.90. The van der Waals surface area contributed by atoms with Gasteiger partial charge in [-0.05, 0) is 49.1 Å². The topological polar surface area (TPSA) is 49.7 Å². The van der Waals surface area contributed by atoms with Crippen LogP contribution in [0.5, 0.6) is 0 Å². The predicted octanol–water partition coefficient (Wildman–Crippen LogP) is 4.58. The zero-order chi connectivity index (χ0) is 19.8. The molecule has 0 aliphatic carbocycles. The molecule has 3 heterocycles. The van der Waals surface area contributed by atoms with Gasteiger partial charge in [0, 0.05) is 30.2 Å². The molecule has 148 valence electrons. The van der Waals surface area contributed by atoms with Crippen LogP contribution in [0.25, 0.3) is 22.0 Å². The lowest BCUT2D eigenvalue weighted by molar-refractivity contribution is 0.434. The molecule has 7 heteroatoms. The van der Waals surface area contributed by atoms with Crippen molar-refractivity contribution in [3.63, 3.8) is 0 Å². The maximum Gasteiger partial charge on any atom is 0.191 e. The number of hydrogen-bond donors (Lipinski definition) is 1. The van der Waals surface area contributed by atoms with Crippen molar-refractivity contribution in [1.29, 1.82) is 0 Å². The van der Waals surface area contributed by atoms with Gasteiger partial charge < -0.3 is 0 Å². The van der Waals surface area contributed by atoms with Crippen molar-refractivity contribution in [3.05, 3.63) is 66.1 Å². The van der Waals surface area contributed by atoms with E-state index in [1.54, 1.807) is 0 Å². The molecule has 1 unspecified atom stereocenters. The lowest BCUT2D eigenvalue weighted by atomic mass is 10.1. The summed E-state index contributed by atoms with van der Waals surface area (Å²) in [7, 11) is 0. The minimum absolute atomic E-state index is 0.535. The van der Waals surface area contributed by atoms with Crippen molar-refractivity contribution in [2.45, 2.75) is 30.8 Å². The molecule has 1 N–H and O–H groups in total. The molecule has 4 aromatic rings. The van der Waals surface area contributed by atoms with Gasteiger partial charge in [-0.3, -0.25) is 9.78 Å². The normalized spacial score (nSPS) is 19.9. The highest BCUT2D eigenvalue weighted by Crippen LogP contribution is 2.30. The smallest absolute Gasteiger partial charge is 0.191 e. The Morgan fingerprint density at radius 3 is 2.90 bits per heavy atom. The Balaban J connectivity index is 1.30. The molecule has 2 aromatic heterocycles. The van der Waals surface area contributed by atoms with E-state index in [1.807, 2.05) is 30.7 Å². The molecule has 1 fully saturated rings. The van der Waals surface area contributed by atoms with Gasteiger partial charge in [-0.2, -0.15) is 10.2 Å². The van der Waals surface area contributed by atoms with E-state index < -0.39 is 0 Å². The molecule has 29 heavy (non-hydrogen) atoms. The molecule has 1 aliphatic heterocycles. The van der Waals surface area contributed by atoms with Gasteiger partial charge in [-0.15, -0.1) is 4.31 Å². The molecule has 2 atom stereocenters. The first-order valence-electron chi connectivity index (χ1n) is 9.85. The molecule has 2 aromatic carbocycles. The van der Waals surface area contributed by atoms with Gasteiger partial charge in [0.05, 0.1) is 29.0 Å². The molecule has 0 amide bonds. The Kier molecular flexibility index (Phi) is 5.08. The second kappa shape index (κ2) is 7.86. The highest BCUT2D eigenvalue weighted by Gasteiger charge is 2.35. The van der Waals surface area contributed by atoms with Gasteiger partial charge in [0.2, 0.25) is 0 Å². The Labute approximate surface area is 179 Å². The molecular formula is C22H23ClN5S+. The van der Waals surface area contributed by atoms with Crippen molar-refractivity contribution in [3.8, 4) is 11.1 Å². The lowest BCUT2D eigenvalue weighted by Crippen LogP contribution is -2.26. The molecule has 0 spiro atoms. The summed E-state index contributed by atoms with van der Waals surface area (Å²) < 4.78 is 4.66. The minimum Gasteiger partial charge on any atom is -0.285 e. The van der Waals surface area contributed by atoms with Gasteiger partial charge >= 0.3 is 0 Å². The van der Waals surface area contributed by atoms with E-state index in [4.69, 9.17) is 11.6 Å². The number of aromatic amines is 1. The summed E-state index contributed by atoms with van der Waals surface area (Å²) >= 11 is 7.56. The average Bonchev–Trinajstić information content (AvgIpc) is 3.45. The van der Waals surface area contributed by atoms with Gasteiger partial charge in [0.15, 0.2) is 4.90 Å². The summed E-state index contributed by atoms with van der Waals surface area (Å²) in [5.74, 6) is 0.580. The number of H-pyrrole nitrogens is 1. The summed E-state index contributed by atoms with van der Waals surface area (Å²) in [5, 5.41) is 13.6. The molecular weight excluding hydrogens is 402 g/mol. The van der Waals surface area contributed by atoms with Gasteiger partial charge in [0.25, 0.3) is 0 Å². The third-order valence-corrected chi connectivity index (χ3v) is 7.50. The van der Waals surface area contributed by atoms with Crippen LogP contribution in [0, 0.1) is 5.92 Å². The molecule has 1 aliphatic rings. The van der Waals surface area contributed by atoms with Crippen LogP contribution < -0.4 is 0 Å². The number of nitrogens with one attached hydrogen (secondary N) is 1. The van der Waals surface area contributed by atoms with Gasteiger partial charge in [-0.25, -0.2) is 0 Å². The lowest BCUT2D eigenvalue weighted by Gasteiger charge is -2.12. The Morgan fingerprint density at radius 2 is 2.07 bits per heavy atom. The van der Waals surface area contributed by atoms with E-state index >= 15 is 0 Å². The fourth-order valence-electron chi connectivity index (χ4n) is 4.13. The maximum atomic E-state index is 6.36. The predicted molar refractivity (Wildman–Crippen MR) is 120 cm³/mol. The fraction of sp³-hybridized carbons (Fsp3) is 0.273. The third-order valence-electron chi connectivity index (χ3n) is 5.62. The SMILES string of the molecule is C[C@@H]1CC(Cn2ncc3cc(-c4cn[nH]c4)ccc32)CN1[SH+]c1ccccc1Cl. The number of rotatable bonds is 5. The highest BCUT2D eigenvalue weighted by atomic mass is 35.5. The molecule has 0 radical (unpaired) electrons. The van der Waals surface area contributed by atoms with Crippen LogP contribution in [0.1, 0.15) is 13.3 Å². The first-order chi connectivity index (χ1) is 14.2. The van der Waals surface area contributed by atoms with E-state index in [2.05, 4.69) is 61.5 Å². The number of fused-ring (bicyclic) bond motifs is 1. The van der Waals surface area contributed by atoms with Crippen LogP contribution in [0.4, 0.5) is 0 Å². The monoisotopic (exact) mass is 424 g/mol. The largest absolute Gasteiger partial charge is 0.285 e. The second-order valence-electron chi connectivity index (χ2n) is 7.71. The van der Waals surface area contributed by atoms with Crippen molar-refractivity contribution in [2.24, 2.45) is 5.92 Å². The van der Waals surface area contributed by atoms with Crippen molar-refractivity contribution >= 4 is 34.5 Å². The second-order valence-corrected chi connectivity index (χ2v) is 9.31. The summed E-state index contributed by atoms with van der Waals surface area (Å²) in [4.78, 5) is 1.18. The van der Waals surface area contributed by atoms with Crippen LogP contribution >= 0.6 is 11.6 Å². The quantitative estimate of drug-likeness (QED) is 0.377. The fourth-order valence-corrected chi connectivity index (χ4v) is 5.58. The molecule has 5 nitrogen and oxygen atoms in total. The zero-order valence-electron chi connectivity index (χ0n) is 16.2. The Morgan fingerprint density at radius 1 is 1.17 bits per heavy atom. The molecule has 1 saturated heterocycles. The van der Waals surface area contributed by atoms with Crippen LogP contribution in [0.3, 0.4) is 0 Å². The average molecular weight is 425 g/mol. The number of aromatic nitrogens is 4. The Bertz CT molecular complexity index is 1120. The summed E-state index contributed by atoms with van der Waals surface area (Å²) in [6.45, 7) is 4.30. The van der Waals surface area contributed by atoms with Crippen molar-refractivity contribution < 1.29 is 0 Å². The number of nitrogens with zero attached hydrogens (tertiary/aromatic N) is 4. The van der Waals surface area contributed by atoms with E-state index in [9.17, 15) is 0 Å². The number of thiol groups is 1.